The fourth-order valence-electron chi connectivity index (χ4n) is 6.16. The molecule has 2 saturated heterocycles. The van der Waals surface area contributed by atoms with E-state index in [0.29, 0.717) is 0 Å². The van der Waals surface area contributed by atoms with E-state index >= 15 is 0 Å². The van der Waals surface area contributed by atoms with Crippen molar-refractivity contribution in [1.82, 2.24) is 0 Å². The summed E-state index contributed by atoms with van der Waals surface area (Å²) < 4.78 is 33.6. The third-order valence-electron chi connectivity index (χ3n) is 8.83. The Morgan fingerprint density at radius 2 is 1.71 bits per heavy atom. The number of halogens is 1. The number of allylic oxidation sites excluding steroid dienone is 4. The maximum absolute atomic E-state index is 13.5. The van der Waals surface area contributed by atoms with Gasteiger partial charge >= 0.3 is 5.97 Å². The molecule has 41 heavy (non-hydrogen) atoms. The number of esters is 1. The molecule has 6 nitrogen and oxygen atoms in total. The lowest BCUT2D eigenvalue weighted by atomic mass is 9.92. The van der Waals surface area contributed by atoms with Crippen LogP contribution < -0.4 is 0 Å². The predicted molar refractivity (Wildman–Crippen MR) is 176 cm³/mol. The third kappa shape index (κ3) is 9.86. The Morgan fingerprint density at radius 3 is 2.34 bits per heavy atom. The van der Waals surface area contributed by atoms with E-state index in [0.717, 1.165) is 53.8 Å². The summed E-state index contributed by atoms with van der Waals surface area (Å²) in [6, 6.07) is 3.09. The SMILES string of the molecule is C=C(I)C[C@@H](C)C1OC(=O)[C@H](C)C=C/C=C/[C@H]2OC(C)(C)O[C@@H]2/C=C/CC[C@H]2CC[C@H](O2)[C@H]1O[Si](CC)(CC)CC. The molecule has 3 rings (SSSR count). The summed E-state index contributed by atoms with van der Waals surface area (Å²) in [5.74, 6) is -1.25. The smallest absolute Gasteiger partial charge is 0.312 e. The van der Waals surface area contributed by atoms with Crippen molar-refractivity contribution in [3.63, 3.8) is 0 Å². The number of fused-ring (bicyclic) bond motifs is 3. The summed E-state index contributed by atoms with van der Waals surface area (Å²) in [7, 11) is -2.03. The number of ether oxygens (including phenoxy) is 4. The quantitative estimate of drug-likeness (QED) is 0.110. The molecule has 0 spiro atoms. The first kappa shape index (κ1) is 34.7. The van der Waals surface area contributed by atoms with E-state index in [-0.39, 0.29) is 42.4 Å². The van der Waals surface area contributed by atoms with Crippen LogP contribution in [0.1, 0.15) is 80.6 Å². The minimum atomic E-state index is -2.03. The molecule has 232 valence electrons. The van der Waals surface area contributed by atoms with E-state index in [9.17, 15) is 4.79 Å². The lowest BCUT2D eigenvalue weighted by molar-refractivity contribution is -0.168. The van der Waals surface area contributed by atoms with Crippen LogP contribution in [0, 0.1) is 11.8 Å². The number of carbonyl (C=O) groups is 1. The molecule has 1 unspecified atom stereocenters. The molecule has 0 amide bonds. The van der Waals surface area contributed by atoms with Crippen molar-refractivity contribution in [2.24, 2.45) is 11.8 Å². The summed E-state index contributed by atoms with van der Waals surface area (Å²) in [6.07, 6.45) is 15.5. The molecule has 0 saturated carbocycles. The van der Waals surface area contributed by atoms with Gasteiger partial charge in [-0.05, 0) is 97.2 Å². The fourth-order valence-corrected chi connectivity index (χ4v) is 9.71. The average molecular weight is 701 g/mol. The van der Waals surface area contributed by atoms with Crippen molar-refractivity contribution in [3.05, 3.63) is 46.6 Å². The van der Waals surface area contributed by atoms with Crippen LogP contribution >= 0.6 is 22.6 Å². The zero-order valence-electron chi connectivity index (χ0n) is 26.3. The largest absolute Gasteiger partial charge is 0.459 e. The van der Waals surface area contributed by atoms with E-state index in [2.05, 4.69) is 69.0 Å². The molecule has 3 aliphatic heterocycles. The van der Waals surface area contributed by atoms with Gasteiger partial charge in [-0.1, -0.05) is 70.7 Å². The molecule has 0 aromatic heterocycles. The van der Waals surface area contributed by atoms with Gasteiger partial charge in [-0.2, -0.15) is 0 Å². The molecule has 8 atom stereocenters. The maximum atomic E-state index is 13.5. The molecule has 0 radical (unpaired) electrons. The second-order valence-electron chi connectivity index (χ2n) is 12.4. The van der Waals surface area contributed by atoms with Gasteiger partial charge in [-0.25, -0.2) is 0 Å². The molecule has 0 aromatic carbocycles. The highest BCUT2D eigenvalue weighted by Gasteiger charge is 2.45. The average Bonchev–Trinajstić information content (AvgIpc) is 3.51. The van der Waals surface area contributed by atoms with Crippen LogP contribution in [-0.2, 0) is 28.2 Å². The lowest BCUT2D eigenvalue weighted by Gasteiger charge is -2.41. The van der Waals surface area contributed by atoms with Gasteiger partial charge in [0.1, 0.15) is 24.4 Å². The van der Waals surface area contributed by atoms with Gasteiger partial charge in [-0.3, -0.25) is 4.79 Å². The summed E-state index contributed by atoms with van der Waals surface area (Å²) in [6.45, 7) is 18.8. The van der Waals surface area contributed by atoms with Gasteiger partial charge in [0, 0.05) is 5.92 Å². The fraction of sp³-hybridized carbons (Fsp3) is 0.727. The Kier molecular flexibility index (Phi) is 13.4. The summed E-state index contributed by atoms with van der Waals surface area (Å²) in [5, 5.41) is 0. The standard InChI is InChI=1S/C33H53IO6Si/c1-9-41(10-2,11-3)40-31-29-21-20-26(36-29)17-13-15-19-28-27(38-33(7,8)39-28)18-14-12-16-23(4)32(35)37-30(31)24(5)22-25(6)34/h12,14-16,18-19,23-24,26-31H,6,9-11,13,17,20-22H2,1-5,7-8H3/b16-12?,18-14+,19-15+/t23-,24-,26+,27-,28-,29+,30?,31-/m1/s1. The lowest BCUT2D eigenvalue weighted by Crippen LogP contribution is -2.52. The highest BCUT2D eigenvalue weighted by Crippen LogP contribution is 2.37. The van der Waals surface area contributed by atoms with Crippen molar-refractivity contribution >= 4 is 36.9 Å². The number of hydrogen-bond donors (Lipinski definition) is 0. The van der Waals surface area contributed by atoms with Crippen LogP contribution in [0.15, 0.2) is 46.6 Å². The Bertz CT molecular complexity index is 949. The van der Waals surface area contributed by atoms with Crippen molar-refractivity contribution < 1.29 is 28.2 Å². The highest BCUT2D eigenvalue weighted by atomic mass is 127. The van der Waals surface area contributed by atoms with E-state index in [1.54, 1.807) is 0 Å². The second-order valence-corrected chi connectivity index (χ2v) is 18.7. The zero-order valence-corrected chi connectivity index (χ0v) is 29.4. The second kappa shape index (κ2) is 15.8. The summed E-state index contributed by atoms with van der Waals surface area (Å²) >= 11 is 2.28. The van der Waals surface area contributed by atoms with Crippen LogP contribution in [0.5, 0.6) is 0 Å². The van der Waals surface area contributed by atoms with Gasteiger partial charge in [0.15, 0.2) is 14.1 Å². The Labute approximate surface area is 263 Å². The highest BCUT2D eigenvalue weighted by molar-refractivity contribution is 14.1. The van der Waals surface area contributed by atoms with Gasteiger partial charge in [-0.15, -0.1) is 0 Å². The molecule has 3 aliphatic rings. The predicted octanol–water partition coefficient (Wildman–Crippen LogP) is 8.43. The first-order valence-corrected chi connectivity index (χ1v) is 19.3. The normalized spacial score (nSPS) is 35.1. The number of rotatable bonds is 8. The number of cyclic esters (lactones) is 1. The molecule has 2 bridgehead atoms. The van der Waals surface area contributed by atoms with Gasteiger partial charge in [0.2, 0.25) is 0 Å². The summed E-state index contributed by atoms with van der Waals surface area (Å²) in [5.41, 5.74) is 0. The van der Waals surface area contributed by atoms with Crippen LogP contribution in [0.25, 0.3) is 0 Å². The first-order chi connectivity index (χ1) is 19.4. The van der Waals surface area contributed by atoms with Crippen molar-refractivity contribution in [2.45, 2.75) is 141 Å². The van der Waals surface area contributed by atoms with E-state index < -0.39 is 26.1 Å². The van der Waals surface area contributed by atoms with Crippen LogP contribution in [0.2, 0.25) is 18.1 Å². The monoisotopic (exact) mass is 700 g/mol. The molecular weight excluding hydrogens is 647 g/mol. The molecule has 3 heterocycles. The maximum Gasteiger partial charge on any atom is 0.312 e. The van der Waals surface area contributed by atoms with Crippen molar-refractivity contribution in [1.29, 1.82) is 0 Å². The molecule has 2 fully saturated rings. The van der Waals surface area contributed by atoms with E-state index in [1.807, 2.05) is 45.1 Å². The zero-order chi connectivity index (χ0) is 30.2. The van der Waals surface area contributed by atoms with E-state index in [1.165, 1.54) is 0 Å². The van der Waals surface area contributed by atoms with Crippen molar-refractivity contribution in [3.8, 4) is 0 Å². The Balaban J connectivity index is 1.96. The Hall–Kier alpha value is -0.783. The third-order valence-corrected chi connectivity index (χ3v) is 13.9. The van der Waals surface area contributed by atoms with Crippen LogP contribution in [-0.4, -0.2) is 56.7 Å². The van der Waals surface area contributed by atoms with Gasteiger partial charge in [0.05, 0.1) is 18.1 Å². The number of hydrogen-bond acceptors (Lipinski definition) is 6. The van der Waals surface area contributed by atoms with Crippen molar-refractivity contribution in [2.75, 3.05) is 0 Å². The molecule has 0 N–H and O–H groups in total. The van der Waals surface area contributed by atoms with Crippen LogP contribution in [0.4, 0.5) is 0 Å². The molecule has 0 aliphatic carbocycles. The minimum absolute atomic E-state index is 0.0534. The van der Waals surface area contributed by atoms with E-state index in [4.69, 9.17) is 23.4 Å². The summed E-state index contributed by atoms with van der Waals surface area (Å²) in [4.78, 5) is 13.5. The molecule has 0 aromatic rings. The van der Waals surface area contributed by atoms with Gasteiger partial charge in [0.25, 0.3) is 0 Å². The molecular formula is C33H53IO6Si. The van der Waals surface area contributed by atoms with Gasteiger partial charge < -0.3 is 23.4 Å². The van der Waals surface area contributed by atoms with Crippen LogP contribution in [0.3, 0.4) is 0 Å². The topological polar surface area (TPSA) is 63.2 Å². The Morgan fingerprint density at radius 1 is 1.07 bits per heavy atom. The first-order valence-electron chi connectivity index (χ1n) is 15.7. The molecule has 8 heteroatoms. The minimum Gasteiger partial charge on any atom is -0.459 e. The number of carbonyl (C=O) groups excluding carboxylic acids is 1.